The molecule has 0 saturated heterocycles. The van der Waals surface area contributed by atoms with Crippen molar-refractivity contribution in [3.05, 3.63) is 65.7 Å². The molecule has 0 saturated carbocycles. The minimum absolute atomic E-state index is 0.105. The first kappa shape index (κ1) is 21.9. The Balaban J connectivity index is 1.47. The zero-order chi connectivity index (χ0) is 21.4. The summed E-state index contributed by atoms with van der Waals surface area (Å²) in [6.07, 6.45) is 7.90. The lowest BCUT2D eigenvalue weighted by Gasteiger charge is -2.13. The van der Waals surface area contributed by atoms with Crippen LogP contribution in [0.2, 0.25) is 0 Å². The van der Waals surface area contributed by atoms with Gasteiger partial charge in [-0.3, -0.25) is 9.52 Å². The van der Waals surface area contributed by atoms with E-state index in [0.29, 0.717) is 18.0 Å². The quantitative estimate of drug-likeness (QED) is 0.587. The molecule has 1 amide bonds. The number of rotatable bonds is 9. The second-order valence-electron chi connectivity index (χ2n) is 7.39. The largest absolute Gasteiger partial charge is 0.484 e. The molecule has 2 aromatic carbocycles. The van der Waals surface area contributed by atoms with Crippen LogP contribution in [0.4, 0.5) is 5.69 Å². The molecule has 0 unspecified atom stereocenters. The number of hydrogen-bond acceptors (Lipinski definition) is 4. The molecule has 0 aromatic heterocycles. The molecular formula is C23H28N2O4S. The Kier molecular flexibility index (Phi) is 7.52. The highest BCUT2D eigenvalue weighted by Gasteiger charge is 2.15. The van der Waals surface area contributed by atoms with Gasteiger partial charge in [-0.25, -0.2) is 8.42 Å². The van der Waals surface area contributed by atoms with Gasteiger partial charge in [-0.2, -0.15) is 0 Å². The van der Waals surface area contributed by atoms with E-state index in [0.717, 1.165) is 24.8 Å². The van der Waals surface area contributed by atoms with Crippen molar-refractivity contribution in [3.8, 4) is 5.75 Å². The highest BCUT2D eigenvalue weighted by Crippen LogP contribution is 2.21. The molecule has 0 heterocycles. The van der Waals surface area contributed by atoms with Crippen LogP contribution in [-0.2, 0) is 14.8 Å². The topological polar surface area (TPSA) is 84.5 Å². The molecule has 6 nitrogen and oxygen atoms in total. The Morgan fingerprint density at radius 3 is 2.53 bits per heavy atom. The number of carbonyl (C=O) groups is 1. The van der Waals surface area contributed by atoms with Crippen LogP contribution in [0.5, 0.6) is 5.75 Å². The molecule has 0 aliphatic heterocycles. The lowest BCUT2D eigenvalue weighted by Crippen LogP contribution is -2.30. The van der Waals surface area contributed by atoms with Crippen LogP contribution in [0.1, 0.15) is 37.7 Å². The zero-order valence-electron chi connectivity index (χ0n) is 17.2. The van der Waals surface area contributed by atoms with Crippen LogP contribution in [0.3, 0.4) is 0 Å². The van der Waals surface area contributed by atoms with E-state index in [2.05, 4.69) is 16.1 Å². The predicted molar refractivity (Wildman–Crippen MR) is 118 cm³/mol. The highest BCUT2D eigenvalue weighted by atomic mass is 32.2. The SMILES string of the molecule is Cc1ccccc1NS(=O)(=O)c1ccc(OCC(=O)NCCC2=CCCCC2)cc1. The van der Waals surface area contributed by atoms with Gasteiger partial charge in [0.05, 0.1) is 10.6 Å². The fourth-order valence-corrected chi connectivity index (χ4v) is 4.43. The molecule has 3 rings (SSSR count). The number of allylic oxidation sites excluding steroid dienone is 1. The maximum absolute atomic E-state index is 12.6. The molecule has 0 fully saturated rings. The average Bonchev–Trinajstić information content (AvgIpc) is 2.75. The standard InChI is InChI=1S/C23H28N2O4S/c1-18-7-5-6-10-22(18)25-30(27,28)21-13-11-20(12-14-21)29-17-23(26)24-16-15-19-8-3-2-4-9-19/h5-8,10-14,25H,2-4,9,15-17H2,1H3,(H,24,26). The van der Waals surface area contributed by atoms with E-state index >= 15 is 0 Å². The normalized spacial score (nSPS) is 14.0. The summed E-state index contributed by atoms with van der Waals surface area (Å²) in [5.41, 5.74) is 2.80. The van der Waals surface area contributed by atoms with Gasteiger partial charge in [0.15, 0.2) is 6.61 Å². The van der Waals surface area contributed by atoms with Gasteiger partial charge in [0.1, 0.15) is 5.75 Å². The van der Waals surface area contributed by atoms with Crippen LogP contribution in [0, 0.1) is 6.92 Å². The summed E-state index contributed by atoms with van der Waals surface area (Å²) in [6, 6.07) is 13.2. The number of sulfonamides is 1. The average molecular weight is 429 g/mol. The molecule has 1 aliphatic carbocycles. The van der Waals surface area contributed by atoms with E-state index in [4.69, 9.17) is 4.74 Å². The third-order valence-electron chi connectivity index (χ3n) is 5.05. The Morgan fingerprint density at radius 2 is 1.83 bits per heavy atom. The fraction of sp³-hybridized carbons (Fsp3) is 0.348. The lowest BCUT2D eigenvalue weighted by atomic mass is 9.97. The van der Waals surface area contributed by atoms with Crippen molar-refractivity contribution in [1.29, 1.82) is 0 Å². The first-order valence-electron chi connectivity index (χ1n) is 10.2. The minimum Gasteiger partial charge on any atom is -0.484 e. The van der Waals surface area contributed by atoms with E-state index in [-0.39, 0.29) is 17.4 Å². The van der Waals surface area contributed by atoms with Gasteiger partial charge in [0, 0.05) is 6.54 Å². The van der Waals surface area contributed by atoms with Crippen molar-refractivity contribution in [2.75, 3.05) is 17.9 Å². The number of hydrogen-bond donors (Lipinski definition) is 2. The number of benzene rings is 2. The minimum atomic E-state index is -3.70. The monoisotopic (exact) mass is 428 g/mol. The molecule has 0 spiro atoms. The summed E-state index contributed by atoms with van der Waals surface area (Å²) in [6.45, 7) is 2.34. The molecular weight excluding hydrogens is 400 g/mol. The van der Waals surface area contributed by atoms with Gasteiger partial charge in [-0.15, -0.1) is 0 Å². The van der Waals surface area contributed by atoms with Crippen molar-refractivity contribution in [2.45, 2.75) is 43.9 Å². The molecule has 0 bridgehead atoms. The van der Waals surface area contributed by atoms with Gasteiger partial charge < -0.3 is 10.1 Å². The van der Waals surface area contributed by atoms with Crippen LogP contribution in [0.25, 0.3) is 0 Å². The number of para-hydroxylation sites is 1. The predicted octanol–water partition coefficient (Wildman–Crippen LogP) is 4.18. The van der Waals surface area contributed by atoms with Crippen LogP contribution in [0.15, 0.2) is 65.1 Å². The molecule has 1 aliphatic rings. The van der Waals surface area contributed by atoms with E-state index in [1.165, 1.54) is 30.5 Å². The number of amides is 1. The van der Waals surface area contributed by atoms with Crippen LogP contribution >= 0.6 is 0 Å². The van der Waals surface area contributed by atoms with E-state index < -0.39 is 10.0 Å². The van der Waals surface area contributed by atoms with Gasteiger partial charge in [-0.1, -0.05) is 29.8 Å². The van der Waals surface area contributed by atoms with Crippen molar-refractivity contribution >= 4 is 21.6 Å². The summed E-state index contributed by atoms with van der Waals surface area (Å²) >= 11 is 0. The van der Waals surface area contributed by atoms with Crippen LogP contribution in [-0.4, -0.2) is 27.5 Å². The maximum atomic E-state index is 12.6. The fourth-order valence-electron chi connectivity index (χ4n) is 3.30. The summed E-state index contributed by atoms with van der Waals surface area (Å²) < 4.78 is 33.2. The Bertz CT molecular complexity index is 998. The Labute approximate surface area is 178 Å². The molecule has 2 aromatic rings. The van der Waals surface area contributed by atoms with Crippen molar-refractivity contribution in [2.24, 2.45) is 0 Å². The third kappa shape index (κ3) is 6.35. The number of carbonyl (C=O) groups excluding carboxylic acids is 1. The van der Waals surface area contributed by atoms with Gasteiger partial charge >= 0.3 is 0 Å². The number of nitrogens with one attached hydrogen (secondary N) is 2. The van der Waals surface area contributed by atoms with E-state index in [9.17, 15) is 13.2 Å². The maximum Gasteiger partial charge on any atom is 0.261 e. The second kappa shape index (κ2) is 10.3. The van der Waals surface area contributed by atoms with Crippen LogP contribution < -0.4 is 14.8 Å². The lowest BCUT2D eigenvalue weighted by molar-refractivity contribution is -0.123. The van der Waals surface area contributed by atoms with E-state index in [1.807, 2.05) is 19.1 Å². The zero-order valence-corrected chi connectivity index (χ0v) is 18.0. The smallest absolute Gasteiger partial charge is 0.261 e. The first-order valence-corrected chi connectivity index (χ1v) is 11.7. The molecule has 160 valence electrons. The van der Waals surface area contributed by atoms with Gasteiger partial charge in [-0.05, 0) is 74.9 Å². The summed E-state index contributed by atoms with van der Waals surface area (Å²) in [7, 11) is -3.70. The van der Waals surface area contributed by atoms with Crippen molar-refractivity contribution in [3.63, 3.8) is 0 Å². The Morgan fingerprint density at radius 1 is 1.07 bits per heavy atom. The Hall–Kier alpha value is -2.80. The van der Waals surface area contributed by atoms with E-state index in [1.54, 1.807) is 24.3 Å². The number of aryl methyl sites for hydroxylation is 1. The summed E-state index contributed by atoms with van der Waals surface area (Å²) in [4.78, 5) is 12.1. The summed E-state index contributed by atoms with van der Waals surface area (Å²) in [5, 5.41) is 2.86. The third-order valence-corrected chi connectivity index (χ3v) is 6.43. The van der Waals surface area contributed by atoms with Crippen molar-refractivity contribution in [1.82, 2.24) is 5.32 Å². The summed E-state index contributed by atoms with van der Waals surface area (Å²) in [5.74, 6) is 0.249. The number of anilines is 1. The second-order valence-corrected chi connectivity index (χ2v) is 9.07. The highest BCUT2D eigenvalue weighted by molar-refractivity contribution is 7.92. The molecule has 30 heavy (non-hydrogen) atoms. The molecule has 2 N–H and O–H groups in total. The number of ether oxygens (including phenoxy) is 1. The first-order chi connectivity index (χ1) is 14.4. The van der Waals surface area contributed by atoms with Gasteiger partial charge in [0.25, 0.3) is 15.9 Å². The van der Waals surface area contributed by atoms with Gasteiger partial charge in [0.2, 0.25) is 0 Å². The van der Waals surface area contributed by atoms with Crippen molar-refractivity contribution < 1.29 is 17.9 Å². The molecule has 0 radical (unpaired) electrons. The molecule has 7 heteroatoms. The molecule has 0 atom stereocenters.